The fourth-order valence-electron chi connectivity index (χ4n) is 1.86. The molecular formula is C13H17F3N2OS. The summed E-state index contributed by atoms with van der Waals surface area (Å²) in [6.45, 7) is 2.88. The average Bonchev–Trinajstić information content (AvgIpc) is 2.99. The predicted molar refractivity (Wildman–Crippen MR) is 70.9 cm³/mol. The van der Waals surface area contributed by atoms with Gasteiger partial charge in [-0.1, -0.05) is 13.8 Å². The van der Waals surface area contributed by atoms with Crippen molar-refractivity contribution in [3.63, 3.8) is 0 Å². The lowest BCUT2D eigenvalue weighted by Crippen LogP contribution is -2.40. The van der Waals surface area contributed by atoms with E-state index in [1.54, 1.807) is 0 Å². The van der Waals surface area contributed by atoms with Gasteiger partial charge in [0, 0.05) is 12.5 Å². The van der Waals surface area contributed by atoms with Gasteiger partial charge < -0.3 is 4.90 Å². The van der Waals surface area contributed by atoms with E-state index in [0.717, 1.165) is 22.7 Å². The molecule has 20 heavy (non-hydrogen) atoms. The molecule has 0 unspecified atom stereocenters. The smallest absolute Gasteiger partial charge is 0.329 e. The number of alkyl halides is 3. The van der Waals surface area contributed by atoms with Gasteiger partial charge in [-0.05, 0) is 18.8 Å². The molecule has 0 aromatic carbocycles. The van der Waals surface area contributed by atoms with E-state index in [-0.39, 0.29) is 18.4 Å². The molecule has 0 spiro atoms. The SMILES string of the molecule is CC(C)c1ncc(C(=O)N(CC2CC2)CC(F)(F)F)s1. The molecule has 1 aromatic heterocycles. The number of hydrogen-bond donors (Lipinski definition) is 0. The van der Waals surface area contributed by atoms with Crippen molar-refractivity contribution in [1.82, 2.24) is 9.88 Å². The zero-order chi connectivity index (χ0) is 14.9. The zero-order valence-corrected chi connectivity index (χ0v) is 12.2. The topological polar surface area (TPSA) is 33.2 Å². The summed E-state index contributed by atoms with van der Waals surface area (Å²) in [4.78, 5) is 17.5. The molecule has 1 aliphatic carbocycles. The molecule has 0 radical (unpaired) electrons. The van der Waals surface area contributed by atoms with Crippen molar-refractivity contribution >= 4 is 17.2 Å². The maximum atomic E-state index is 12.6. The number of nitrogens with zero attached hydrogens (tertiary/aromatic N) is 2. The summed E-state index contributed by atoms with van der Waals surface area (Å²) in [5.74, 6) is -0.168. The largest absolute Gasteiger partial charge is 0.406 e. The van der Waals surface area contributed by atoms with E-state index in [4.69, 9.17) is 0 Å². The van der Waals surface area contributed by atoms with E-state index in [1.807, 2.05) is 13.8 Å². The molecule has 3 nitrogen and oxygen atoms in total. The Bertz CT molecular complexity index is 480. The highest BCUT2D eigenvalue weighted by Crippen LogP contribution is 2.32. The number of halogens is 3. The Labute approximate surface area is 119 Å². The van der Waals surface area contributed by atoms with Gasteiger partial charge in [-0.25, -0.2) is 4.98 Å². The summed E-state index contributed by atoms with van der Waals surface area (Å²) in [5, 5.41) is 0.770. The van der Waals surface area contributed by atoms with Gasteiger partial charge in [-0.15, -0.1) is 11.3 Å². The van der Waals surface area contributed by atoms with Crippen molar-refractivity contribution < 1.29 is 18.0 Å². The van der Waals surface area contributed by atoms with Crippen LogP contribution in [0.4, 0.5) is 13.2 Å². The molecule has 1 aromatic rings. The van der Waals surface area contributed by atoms with Crippen LogP contribution < -0.4 is 0 Å². The monoisotopic (exact) mass is 306 g/mol. The Kier molecular flexibility index (Phi) is 4.36. The van der Waals surface area contributed by atoms with Crippen LogP contribution in [0.5, 0.6) is 0 Å². The second-order valence-corrected chi connectivity index (χ2v) is 6.52. The fraction of sp³-hybridized carbons (Fsp3) is 0.692. The number of carbonyl (C=O) groups excluding carboxylic acids is 1. The van der Waals surface area contributed by atoms with Gasteiger partial charge in [0.1, 0.15) is 11.4 Å². The minimum Gasteiger partial charge on any atom is -0.329 e. The molecule has 1 heterocycles. The Morgan fingerprint density at radius 1 is 1.50 bits per heavy atom. The molecule has 112 valence electrons. The van der Waals surface area contributed by atoms with Crippen LogP contribution in [0.25, 0.3) is 0 Å². The van der Waals surface area contributed by atoms with Gasteiger partial charge in [0.15, 0.2) is 0 Å². The van der Waals surface area contributed by atoms with E-state index in [2.05, 4.69) is 4.98 Å². The first-order chi connectivity index (χ1) is 9.26. The molecule has 1 fully saturated rings. The Morgan fingerprint density at radius 3 is 2.60 bits per heavy atom. The average molecular weight is 306 g/mol. The van der Waals surface area contributed by atoms with Crippen LogP contribution in [0.1, 0.15) is 47.3 Å². The highest BCUT2D eigenvalue weighted by atomic mass is 32.1. The number of hydrogen-bond acceptors (Lipinski definition) is 3. The standard InChI is InChI=1S/C13H17F3N2OS/c1-8(2)11-17-5-10(20-11)12(19)18(6-9-3-4-9)7-13(14,15)16/h5,8-9H,3-4,6-7H2,1-2H3. The van der Waals surface area contributed by atoms with E-state index in [0.29, 0.717) is 4.88 Å². The summed E-state index contributed by atoms with van der Waals surface area (Å²) in [5.41, 5.74) is 0. The summed E-state index contributed by atoms with van der Waals surface area (Å²) in [6.07, 6.45) is -1.17. The number of rotatable bonds is 5. The molecule has 1 amide bonds. The van der Waals surface area contributed by atoms with Gasteiger partial charge in [0.2, 0.25) is 0 Å². The maximum absolute atomic E-state index is 12.6. The fourth-order valence-corrected chi connectivity index (χ4v) is 2.75. The van der Waals surface area contributed by atoms with Crippen LogP contribution in [0, 0.1) is 5.92 Å². The van der Waals surface area contributed by atoms with Crippen molar-refractivity contribution in [2.75, 3.05) is 13.1 Å². The first-order valence-electron chi connectivity index (χ1n) is 6.58. The minimum atomic E-state index is -4.36. The number of amides is 1. The third kappa shape index (κ3) is 4.19. The number of thiazole rings is 1. The van der Waals surface area contributed by atoms with Crippen LogP contribution in [-0.2, 0) is 0 Å². The lowest BCUT2D eigenvalue weighted by atomic mass is 10.2. The van der Waals surface area contributed by atoms with Crippen LogP contribution in [0.2, 0.25) is 0 Å². The van der Waals surface area contributed by atoms with Crippen LogP contribution in [-0.4, -0.2) is 35.1 Å². The van der Waals surface area contributed by atoms with Crippen molar-refractivity contribution in [3.8, 4) is 0 Å². The van der Waals surface area contributed by atoms with Gasteiger partial charge in [-0.3, -0.25) is 4.79 Å². The van der Waals surface area contributed by atoms with Gasteiger partial charge >= 0.3 is 6.18 Å². The lowest BCUT2D eigenvalue weighted by Gasteiger charge is -2.23. The summed E-state index contributed by atoms with van der Waals surface area (Å²) < 4.78 is 37.7. The number of aromatic nitrogens is 1. The Hall–Kier alpha value is -1.11. The molecule has 0 saturated heterocycles. The highest BCUT2D eigenvalue weighted by molar-refractivity contribution is 7.13. The molecule has 1 saturated carbocycles. The van der Waals surface area contributed by atoms with E-state index in [1.165, 1.54) is 17.5 Å². The van der Waals surface area contributed by atoms with Gasteiger partial charge in [-0.2, -0.15) is 13.2 Å². The second kappa shape index (κ2) is 5.71. The van der Waals surface area contributed by atoms with E-state index < -0.39 is 18.6 Å². The van der Waals surface area contributed by atoms with E-state index >= 15 is 0 Å². The maximum Gasteiger partial charge on any atom is 0.406 e. The first-order valence-corrected chi connectivity index (χ1v) is 7.39. The van der Waals surface area contributed by atoms with Crippen molar-refractivity contribution in [1.29, 1.82) is 0 Å². The molecule has 7 heteroatoms. The highest BCUT2D eigenvalue weighted by Gasteiger charge is 2.36. The van der Waals surface area contributed by atoms with Crippen LogP contribution in [0.15, 0.2) is 6.20 Å². The van der Waals surface area contributed by atoms with Crippen molar-refractivity contribution in [3.05, 3.63) is 16.1 Å². The molecule has 0 aliphatic heterocycles. The van der Waals surface area contributed by atoms with Gasteiger partial charge in [0.05, 0.1) is 11.2 Å². The van der Waals surface area contributed by atoms with Crippen molar-refractivity contribution in [2.45, 2.75) is 38.8 Å². The van der Waals surface area contributed by atoms with E-state index in [9.17, 15) is 18.0 Å². The molecule has 0 bridgehead atoms. The Morgan fingerprint density at radius 2 is 2.15 bits per heavy atom. The van der Waals surface area contributed by atoms with Crippen LogP contribution in [0.3, 0.4) is 0 Å². The Balaban J connectivity index is 2.11. The summed E-state index contributed by atoms with van der Waals surface area (Å²) >= 11 is 1.18. The summed E-state index contributed by atoms with van der Waals surface area (Å²) in [6, 6.07) is 0. The molecule has 2 rings (SSSR count). The quantitative estimate of drug-likeness (QED) is 0.831. The third-order valence-corrected chi connectivity index (χ3v) is 4.35. The third-order valence-electron chi connectivity index (χ3n) is 3.06. The van der Waals surface area contributed by atoms with Crippen molar-refractivity contribution in [2.24, 2.45) is 5.92 Å². The lowest BCUT2D eigenvalue weighted by molar-refractivity contribution is -0.141. The molecule has 1 aliphatic rings. The molecule has 0 atom stereocenters. The first kappa shape index (κ1) is 15.3. The number of carbonyl (C=O) groups is 1. The normalized spacial score (nSPS) is 15.7. The molecular weight excluding hydrogens is 289 g/mol. The summed E-state index contributed by atoms with van der Waals surface area (Å²) in [7, 11) is 0. The minimum absolute atomic E-state index is 0.168. The predicted octanol–water partition coefficient (Wildman–Crippen LogP) is 3.68. The van der Waals surface area contributed by atoms with Crippen LogP contribution >= 0.6 is 11.3 Å². The van der Waals surface area contributed by atoms with Gasteiger partial charge in [0.25, 0.3) is 5.91 Å². The molecule has 0 N–H and O–H groups in total. The zero-order valence-electron chi connectivity index (χ0n) is 11.4. The second-order valence-electron chi connectivity index (χ2n) is 5.46.